The molecule has 9 heteroatoms. The minimum Gasteiger partial charge on any atom is -0.493 e. The highest BCUT2D eigenvalue weighted by molar-refractivity contribution is 7.99. The highest BCUT2D eigenvalue weighted by Crippen LogP contribution is 2.41. The average Bonchev–Trinajstić information content (AvgIpc) is 3.20. The summed E-state index contributed by atoms with van der Waals surface area (Å²) in [5.41, 5.74) is 0.803. The molecule has 1 amide bonds. The normalized spacial score (nSPS) is 14.4. The molecule has 0 atom stereocenters. The van der Waals surface area contributed by atoms with Crippen LogP contribution in [0, 0.1) is 0 Å². The number of thioether (sulfide) groups is 1. The molecule has 1 aliphatic carbocycles. The van der Waals surface area contributed by atoms with E-state index in [9.17, 15) is 4.79 Å². The van der Waals surface area contributed by atoms with Gasteiger partial charge in [-0.3, -0.25) is 4.79 Å². The fourth-order valence-electron chi connectivity index (χ4n) is 3.75. The lowest BCUT2D eigenvalue weighted by Crippen LogP contribution is -2.37. The van der Waals surface area contributed by atoms with Crippen LogP contribution < -0.4 is 19.5 Å². The number of hydrogen-bond donors (Lipinski definition) is 1. The summed E-state index contributed by atoms with van der Waals surface area (Å²) < 4.78 is 18.3. The minimum absolute atomic E-state index is 0.0480. The van der Waals surface area contributed by atoms with Gasteiger partial charge in [0.25, 0.3) is 0 Å². The predicted molar refractivity (Wildman–Crippen MR) is 117 cm³/mol. The van der Waals surface area contributed by atoms with Crippen molar-refractivity contribution in [3.8, 4) is 28.6 Å². The average molecular weight is 435 g/mol. The summed E-state index contributed by atoms with van der Waals surface area (Å²) in [6.45, 7) is 2.70. The van der Waals surface area contributed by atoms with E-state index in [1.54, 1.807) is 21.3 Å². The molecule has 1 aliphatic rings. The second-order valence-electron chi connectivity index (χ2n) is 7.16. The SMILES string of the molecule is CCn1c(SCC(=O)NC2CCCCC2)nnc1-c1cc(OC)c(OC)c(OC)c1. The molecule has 2 aromatic rings. The summed E-state index contributed by atoms with van der Waals surface area (Å²) in [5.74, 6) is 2.69. The van der Waals surface area contributed by atoms with E-state index in [4.69, 9.17) is 14.2 Å². The van der Waals surface area contributed by atoms with Gasteiger partial charge in [0.15, 0.2) is 22.5 Å². The standard InChI is InChI=1S/C21H30N4O4S/c1-5-25-20(14-11-16(27-2)19(29-4)17(12-14)28-3)23-24-21(25)30-13-18(26)22-15-9-7-6-8-10-15/h11-12,15H,5-10,13H2,1-4H3,(H,22,26). The lowest BCUT2D eigenvalue weighted by Gasteiger charge is -2.22. The summed E-state index contributed by atoms with van der Waals surface area (Å²) >= 11 is 1.40. The molecule has 0 unspecified atom stereocenters. The molecule has 3 rings (SSSR count). The van der Waals surface area contributed by atoms with Crippen LogP contribution in [0.4, 0.5) is 0 Å². The summed E-state index contributed by atoms with van der Waals surface area (Å²) in [6, 6.07) is 4.01. The van der Waals surface area contributed by atoms with Crippen LogP contribution in [0.3, 0.4) is 0 Å². The fraction of sp³-hybridized carbons (Fsp3) is 0.571. The van der Waals surface area contributed by atoms with E-state index in [-0.39, 0.29) is 5.91 Å². The molecule has 1 fully saturated rings. The van der Waals surface area contributed by atoms with Crippen molar-refractivity contribution in [3.05, 3.63) is 12.1 Å². The zero-order valence-electron chi connectivity index (χ0n) is 18.1. The number of amides is 1. The molecular weight excluding hydrogens is 404 g/mol. The van der Waals surface area contributed by atoms with Crippen LogP contribution in [0.5, 0.6) is 17.2 Å². The monoisotopic (exact) mass is 434 g/mol. The molecule has 1 saturated carbocycles. The summed E-state index contributed by atoms with van der Waals surface area (Å²) in [6.07, 6.45) is 5.81. The van der Waals surface area contributed by atoms with Gasteiger partial charge in [-0.2, -0.15) is 0 Å². The molecule has 1 aromatic carbocycles. The quantitative estimate of drug-likeness (QED) is 0.604. The van der Waals surface area contributed by atoms with Crippen LogP contribution in [-0.4, -0.2) is 53.8 Å². The van der Waals surface area contributed by atoms with Gasteiger partial charge in [0.1, 0.15) is 0 Å². The first-order valence-electron chi connectivity index (χ1n) is 10.3. The zero-order chi connectivity index (χ0) is 21.5. The Hall–Kier alpha value is -2.42. The molecule has 0 radical (unpaired) electrons. The maximum atomic E-state index is 12.4. The number of nitrogens with one attached hydrogen (secondary N) is 1. The first-order valence-corrected chi connectivity index (χ1v) is 11.3. The van der Waals surface area contributed by atoms with Crippen molar-refractivity contribution >= 4 is 17.7 Å². The van der Waals surface area contributed by atoms with Crippen LogP contribution >= 0.6 is 11.8 Å². The number of carbonyl (C=O) groups is 1. The molecule has 1 aromatic heterocycles. The van der Waals surface area contributed by atoms with Crippen molar-refractivity contribution in [2.24, 2.45) is 0 Å². The van der Waals surface area contributed by atoms with Crippen molar-refractivity contribution < 1.29 is 19.0 Å². The van der Waals surface area contributed by atoms with Gasteiger partial charge < -0.3 is 24.1 Å². The Morgan fingerprint density at radius 3 is 2.33 bits per heavy atom. The number of methoxy groups -OCH3 is 3. The van der Waals surface area contributed by atoms with Gasteiger partial charge in [-0.25, -0.2) is 0 Å². The summed E-state index contributed by atoms with van der Waals surface area (Å²) in [5, 5.41) is 12.5. The topological polar surface area (TPSA) is 87.5 Å². The fourth-order valence-corrected chi connectivity index (χ4v) is 4.56. The zero-order valence-corrected chi connectivity index (χ0v) is 18.9. The second-order valence-corrected chi connectivity index (χ2v) is 8.10. The smallest absolute Gasteiger partial charge is 0.230 e. The molecule has 0 aliphatic heterocycles. The number of hydrogen-bond acceptors (Lipinski definition) is 7. The summed E-state index contributed by atoms with van der Waals surface area (Å²) in [4.78, 5) is 12.4. The van der Waals surface area contributed by atoms with Gasteiger partial charge in [-0.1, -0.05) is 31.0 Å². The lowest BCUT2D eigenvalue weighted by atomic mass is 9.95. The first-order chi connectivity index (χ1) is 14.6. The minimum atomic E-state index is 0.0480. The van der Waals surface area contributed by atoms with E-state index >= 15 is 0 Å². The van der Waals surface area contributed by atoms with Crippen molar-refractivity contribution in [2.45, 2.75) is 56.8 Å². The third kappa shape index (κ3) is 5.00. The molecule has 164 valence electrons. The molecule has 1 heterocycles. The molecule has 1 N–H and O–H groups in total. The molecule has 0 spiro atoms. The number of aromatic nitrogens is 3. The highest BCUT2D eigenvalue weighted by atomic mass is 32.2. The van der Waals surface area contributed by atoms with Gasteiger partial charge in [0.2, 0.25) is 11.7 Å². The predicted octanol–water partition coefficient (Wildman–Crippen LogP) is 3.53. The van der Waals surface area contributed by atoms with E-state index in [2.05, 4.69) is 15.5 Å². The van der Waals surface area contributed by atoms with E-state index in [0.717, 1.165) is 18.4 Å². The maximum absolute atomic E-state index is 12.4. The highest BCUT2D eigenvalue weighted by Gasteiger charge is 2.20. The third-order valence-corrected chi connectivity index (χ3v) is 6.23. The molecule has 0 bridgehead atoms. The number of ether oxygens (including phenoxy) is 3. The second kappa shape index (κ2) is 10.6. The number of benzene rings is 1. The Labute approximate surface area is 181 Å². The Kier molecular flexibility index (Phi) is 7.84. The summed E-state index contributed by atoms with van der Waals surface area (Å²) in [7, 11) is 4.73. The van der Waals surface area contributed by atoms with Crippen LogP contribution in [0.15, 0.2) is 17.3 Å². The Balaban J connectivity index is 1.76. The molecule has 30 heavy (non-hydrogen) atoms. The number of rotatable bonds is 9. The first kappa shape index (κ1) is 22.3. The van der Waals surface area contributed by atoms with E-state index < -0.39 is 0 Å². The van der Waals surface area contributed by atoms with Crippen LogP contribution in [0.25, 0.3) is 11.4 Å². The van der Waals surface area contributed by atoms with Crippen molar-refractivity contribution in [2.75, 3.05) is 27.1 Å². The van der Waals surface area contributed by atoms with Crippen LogP contribution in [-0.2, 0) is 11.3 Å². The van der Waals surface area contributed by atoms with E-state index in [1.807, 2.05) is 23.6 Å². The van der Waals surface area contributed by atoms with Gasteiger partial charge in [0, 0.05) is 18.2 Å². The third-order valence-electron chi connectivity index (χ3n) is 5.26. The van der Waals surface area contributed by atoms with Crippen LogP contribution in [0.2, 0.25) is 0 Å². The number of carbonyl (C=O) groups excluding carboxylic acids is 1. The van der Waals surface area contributed by atoms with E-state index in [0.29, 0.717) is 46.6 Å². The Morgan fingerprint density at radius 2 is 1.77 bits per heavy atom. The molecule has 8 nitrogen and oxygen atoms in total. The Bertz CT molecular complexity index is 840. The van der Waals surface area contributed by atoms with Gasteiger partial charge >= 0.3 is 0 Å². The van der Waals surface area contributed by atoms with Gasteiger partial charge in [-0.05, 0) is 31.9 Å². The van der Waals surface area contributed by atoms with Gasteiger partial charge in [0.05, 0.1) is 27.1 Å². The maximum Gasteiger partial charge on any atom is 0.230 e. The van der Waals surface area contributed by atoms with Crippen molar-refractivity contribution in [1.82, 2.24) is 20.1 Å². The molecular formula is C21H30N4O4S. The number of nitrogens with zero attached hydrogens (tertiary/aromatic N) is 3. The molecule has 0 saturated heterocycles. The van der Waals surface area contributed by atoms with Crippen LogP contribution in [0.1, 0.15) is 39.0 Å². The van der Waals surface area contributed by atoms with Crippen molar-refractivity contribution in [1.29, 1.82) is 0 Å². The van der Waals surface area contributed by atoms with E-state index in [1.165, 1.54) is 31.0 Å². The van der Waals surface area contributed by atoms with Gasteiger partial charge in [-0.15, -0.1) is 10.2 Å². The Morgan fingerprint density at radius 1 is 1.10 bits per heavy atom. The van der Waals surface area contributed by atoms with Crippen molar-refractivity contribution in [3.63, 3.8) is 0 Å². The largest absolute Gasteiger partial charge is 0.493 e. The lowest BCUT2D eigenvalue weighted by molar-refractivity contribution is -0.119.